The monoisotopic (exact) mass is 312 g/mol. The van der Waals surface area contributed by atoms with Gasteiger partial charge in [0.15, 0.2) is 0 Å². The Labute approximate surface area is 137 Å². The molecular weight excluding hydrogens is 288 g/mol. The van der Waals surface area contributed by atoms with Crippen molar-refractivity contribution in [2.24, 2.45) is 0 Å². The number of allylic oxidation sites excluding steroid dienone is 1. The van der Waals surface area contributed by atoms with Gasteiger partial charge >= 0.3 is 0 Å². The van der Waals surface area contributed by atoms with Crippen molar-refractivity contribution >= 4 is 0 Å². The molecule has 0 aromatic carbocycles. The van der Waals surface area contributed by atoms with E-state index in [1.165, 1.54) is 11.3 Å². The lowest BCUT2D eigenvalue weighted by molar-refractivity contribution is 0.0966. The van der Waals surface area contributed by atoms with Crippen molar-refractivity contribution in [1.82, 2.24) is 19.7 Å². The summed E-state index contributed by atoms with van der Waals surface area (Å²) in [6.07, 6.45) is 9.83. The fourth-order valence-electron chi connectivity index (χ4n) is 2.98. The second-order valence-electron chi connectivity index (χ2n) is 6.00. The lowest BCUT2D eigenvalue weighted by Crippen LogP contribution is -2.37. The van der Waals surface area contributed by atoms with Gasteiger partial charge in [0, 0.05) is 43.3 Å². The molecule has 3 rings (SSSR count). The van der Waals surface area contributed by atoms with Crippen LogP contribution in [0.15, 0.2) is 43.4 Å². The van der Waals surface area contributed by atoms with Gasteiger partial charge in [0.1, 0.15) is 11.9 Å². The number of pyridine rings is 1. The molecule has 1 fully saturated rings. The van der Waals surface area contributed by atoms with Crippen LogP contribution in [0.2, 0.25) is 0 Å². The fraction of sp³-hybridized carbons (Fsp3) is 0.444. The average molecular weight is 312 g/mol. The third-order valence-corrected chi connectivity index (χ3v) is 4.39. The summed E-state index contributed by atoms with van der Waals surface area (Å²) < 4.78 is 8.02. The van der Waals surface area contributed by atoms with Crippen LogP contribution in [0.4, 0.5) is 0 Å². The molecule has 1 saturated heterocycles. The minimum Gasteiger partial charge on any atom is -0.490 e. The molecule has 0 saturated carbocycles. The van der Waals surface area contributed by atoms with Crippen LogP contribution in [0, 0.1) is 6.92 Å². The Bertz CT molecular complexity index is 630. The minimum absolute atomic E-state index is 0.304. The van der Waals surface area contributed by atoms with Crippen LogP contribution in [-0.2, 0) is 13.1 Å². The summed E-state index contributed by atoms with van der Waals surface area (Å²) in [5.74, 6) is 0.917. The standard InChI is InChI=1S/C18H24N4O/c1-3-10-22-15(2)16(13-20-22)14-21-11-6-18(7-12-21)23-17-4-8-19-9-5-17/h3-5,8-9,13,18H,1,6-7,10-12,14H2,2H3. The van der Waals surface area contributed by atoms with Gasteiger partial charge in [0.25, 0.3) is 0 Å². The number of aromatic nitrogens is 3. The van der Waals surface area contributed by atoms with Crippen LogP contribution in [0.5, 0.6) is 5.75 Å². The molecule has 23 heavy (non-hydrogen) atoms. The molecule has 0 bridgehead atoms. The zero-order chi connectivity index (χ0) is 16.1. The first-order valence-corrected chi connectivity index (χ1v) is 8.17. The van der Waals surface area contributed by atoms with Crippen LogP contribution in [0.1, 0.15) is 24.1 Å². The molecular formula is C18H24N4O. The summed E-state index contributed by atoms with van der Waals surface area (Å²) in [4.78, 5) is 6.50. The normalized spacial score (nSPS) is 16.4. The van der Waals surface area contributed by atoms with E-state index < -0.39 is 0 Å². The van der Waals surface area contributed by atoms with Crippen LogP contribution in [-0.4, -0.2) is 38.9 Å². The zero-order valence-corrected chi connectivity index (χ0v) is 13.7. The molecule has 0 amide bonds. The van der Waals surface area contributed by atoms with E-state index in [1.54, 1.807) is 12.4 Å². The van der Waals surface area contributed by atoms with Crippen molar-refractivity contribution in [3.8, 4) is 5.75 Å². The number of likely N-dealkylation sites (tertiary alicyclic amines) is 1. The number of piperidine rings is 1. The molecule has 0 spiro atoms. The van der Waals surface area contributed by atoms with Crippen LogP contribution in [0.3, 0.4) is 0 Å². The highest BCUT2D eigenvalue weighted by molar-refractivity contribution is 5.18. The lowest BCUT2D eigenvalue weighted by Gasteiger charge is -2.32. The first-order valence-electron chi connectivity index (χ1n) is 8.17. The number of nitrogens with zero attached hydrogens (tertiary/aromatic N) is 4. The molecule has 1 aliphatic rings. The molecule has 122 valence electrons. The van der Waals surface area contributed by atoms with Crippen LogP contribution in [0.25, 0.3) is 0 Å². The number of rotatable bonds is 6. The SMILES string of the molecule is C=CCn1ncc(CN2CCC(Oc3ccncc3)CC2)c1C. The Balaban J connectivity index is 1.50. The topological polar surface area (TPSA) is 43.2 Å². The predicted molar refractivity (Wildman–Crippen MR) is 90.3 cm³/mol. The van der Waals surface area contributed by atoms with E-state index in [0.29, 0.717) is 6.10 Å². The lowest BCUT2D eigenvalue weighted by atomic mass is 10.1. The molecule has 2 aromatic heterocycles. The molecule has 1 aliphatic heterocycles. The summed E-state index contributed by atoms with van der Waals surface area (Å²) in [5, 5.41) is 4.43. The molecule has 0 unspecified atom stereocenters. The quantitative estimate of drug-likeness (QED) is 0.769. The molecule has 0 atom stereocenters. The average Bonchev–Trinajstić information content (AvgIpc) is 2.91. The van der Waals surface area contributed by atoms with Gasteiger partial charge in [-0.05, 0) is 31.9 Å². The highest BCUT2D eigenvalue weighted by Gasteiger charge is 2.21. The highest BCUT2D eigenvalue weighted by atomic mass is 16.5. The van der Waals surface area contributed by atoms with E-state index in [2.05, 4.69) is 28.5 Å². The van der Waals surface area contributed by atoms with E-state index in [9.17, 15) is 0 Å². The maximum absolute atomic E-state index is 6.02. The third-order valence-electron chi connectivity index (χ3n) is 4.39. The van der Waals surface area contributed by atoms with Gasteiger partial charge in [0.2, 0.25) is 0 Å². The van der Waals surface area contributed by atoms with Crippen LogP contribution < -0.4 is 4.74 Å². The van der Waals surface area contributed by atoms with Gasteiger partial charge in [-0.25, -0.2) is 0 Å². The zero-order valence-electron chi connectivity index (χ0n) is 13.7. The molecule has 0 radical (unpaired) electrons. The third kappa shape index (κ3) is 3.99. The van der Waals surface area contributed by atoms with Crippen molar-refractivity contribution in [1.29, 1.82) is 0 Å². The Morgan fingerprint density at radius 1 is 1.30 bits per heavy atom. The van der Waals surface area contributed by atoms with E-state index >= 15 is 0 Å². The van der Waals surface area contributed by atoms with Gasteiger partial charge in [-0.2, -0.15) is 5.10 Å². The molecule has 2 aromatic rings. The van der Waals surface area contributed by atoms with Crippen LogP contribution >= 0.6 is 0 Å². The van der Waals surface area contributed by atoms with Crippen molar-refractivity contribution < 1.29 is 4.74 Å². The highest BCUT2D eigenvalue weighted by Crippen LogP contribution is 2.20. The Kier molecular flexibility index (Phi) is 5.08. The maximum atomic E-state index is 6.02. The Morgan fingerprint density at radius 3 is 2.74 bits per heavy atom. The Hall–Kier alpha value is -2.14. The van der Waals surface area contributed by atoms with Gasteiger partial charge in [0.05, 0.1) is 12.7 Å². The predicted octanol–water partition coefficient (Wildman–Crippen LogP) is 2.82. The van der Waals surface area contributed by atoms with Crippen molar-refractivity contribution in [3.63, 3.8) is 0 Å². The van der Waals surface area contributed by atoms with E-state index in [0.717, 1.165) is 44.8 Å². The van der Waals surface area contributed by atoms with Gasteiger partial charge < -0.3 is 4.74 Å². The largest absolute Gasteiger partial charge is 0.490 e. The molecule has 0 aliphatic carbocycles. The first kappa shape index (κ1) is 15.7. The number of hydrogen-bond donors (Lipinski definition) is 0. The van der Waals surface area contributed by atoms with Crippen molar-refractivity contribution in [2.45, 2.75) is 39.0 Å². The van der Waals surface area contributed by atoms with E-state index in [-0.39, 0.29) is 0 Å². The van der Waals surface area contributed by atoms with Crippen molar-refractivity contribution in [3.05, 3.63) is 54.6 Å². The minimum atomic E-state index is 0.304. The van der Waals surface area contributed by atoms with Gasteiger partial charge in [-0.3, -0.25) is 14.6 Å². The maximum Gasteiger partial charge on any atom is 0.122 e. The van der Waals surface area contributed by atoms with E-state index in [1.807, 2.05) is 29.1 Å². The molecule has 5 nitrogen and oxygen atoms in total. The Morgan fingerprint density at radius 2 is 2.04 bits per heavy atom. The van der Waals surface area contributed by atoms with Crippen molar-refractivity contribution in [2.75, 3.05) is 13.1 Å². The second kappa shape index (κ2) is 7.42. The summed E-state index contributed by atoms with van der Waals surface area (Å²) >= 11 is 0. The number of ether oxygens (including phenoxy) is 1. The number of hydrogen-bond acceptors (Lipinski definition) is 4. The summed E-state index contributed by atoms with van der Waals surface area (Å²) in [7, 11) is 0. The second-order valence-corrected chi connectivity index (χ2v) is 6.00. The smallest absolute Gasteiger partial charge is 0.122 e. The molecule has 5 heteroatoms. The van der Waals surface area contributed by atoms with E-state index in [4.69, 9.17) is 4.74 Å². The summed E-state index contributed by atoms with van der Waals surface area (Å²) in [6.45, 7) is 9.76. The molecule has 3 heterocycles. The van der Waals surface area contributed by atoms with Gasteiger partial charge in [-0.15, -0.1) is 6.58 Å². The fourth-order valence-corrected chi connectivity index (χ4v) is 2.98. The molecule has 0 N–H and O–H groups in total. The summed E-state index contributed by atoms with van der Waals surface area (Å²) in [5.41, 5.74) is 2.54. The summed E-state index contributed by atoms with van der Waals surface area (Å²) in [6, 6.07) is 3.84. The first-order chi connectivity index (χ1) is 11.3. The van der Waals surface area contributed by atoms with Gasteiger partial charge in [-0.1, -0.05) is 6.08 Å².